The first-order chi connectivity index (χ1) is 11.0. The number of carbonyl (C=O) groups excluding carboxylic acids is 1. The average Bonchev–Trinajstić information content (AvgIpc) is 2.48. The summed E-state index contributed by atoms with van der Waals surface area (Å²) in [6, 6.07) is 0.182. The SMILES string of the molecule is CC1CC(C)CN(CCCCNC(=O)NC2CCC(O)CC2)C1. The molecule has 1 aliphatic carbocycles. The van der Waals surface area contributed by atoms with Gasteiger partial charge in [-0.15, -0.1) is 0 Å². The molecule has 0 spiro atoms. The van der Waals surface area contributed by atoms with Gasteiger partial charge < -0.3 is 20.6 Å². The molecule has 3 N–H and O–H groups in total. The lowest BCUT2D eigenvalue weighted by atomic mass is 9.92. The Morgan fingerprint density at radius 3 is 2.39 bits per heavy atom. The van der Waals surface area contributed by atoms with Gasteiger partial charge in [0, 0.05) is 25.7 Å². The Balaban J connectivity index is 1.49. The molecule has 0 aromatic rings. The molecular formula is C18H35N3O2. The van der Waals surface area contributed by atoms with Crippen molar-refractivity contribution in [2.24, 2.45) is 11.8 Å². The van der Waals surface area contributed by atoms with Crippen LogP contribution in [0.2, 0.25) is 0 Å². The zero-order valence-corrected chi connectivity index (χ0v) is 14.9. The zero-order chi connectivity index (χ0) is 16.7. The average molecular weight is 325 g/mol. The molecule has 2 fully saturated rings. The summed E-state index contributed by atoms with van der Waals surface area (Å²) >= 11 is 0. The van der Waals surface area contributed by atoms with Crippen LogP contribution in [-0.2, 0) is 0 Å². The molecule has 2 atom stereocenters. The maximum absolute atomic E-state index is 11.8. The number of rotatable bonds is 6. The molecule has 0 aromatic carbocycles. The smallest absolute Gasteiger partial charge is 0.315 e. The summed E-state index contributed by atoms with van der Waals surface area (Å²) in [4.78, 5) is 14.4. The summed E-state index contributed by atoms with van der Waals surface area (Å²) in [5.41, 5.74) is 0. The first kappa shape index (κ1) is 18.5. The summed E-state index contributed by atoms with van der Waals surface area (Å²) < 4.78 is 0. The molecule has 2 unspecified atom stereocenters. The Morgan fingerprint density at radius 2 is 1.74 bits per heavy atom. The molecule has 1 heterocycles. The van der Waals surface area contributed by atoms with Crippen molar-refractivity contribution in [2.75, 3.05) is 26.2 Å². The second kappa shape index (κ2) is 9.48. The van der Waals surface area contributed by atoms with Crippen LogP contribution in [0.25, 0.3) is 0 Å². The third-order valence-corrected chi connectivity index (χ3v) is 5.16. The number of hydrogen-bond acceptors (Lipinski definition) is 3. The third-order valence-electron chi connectivity index (χ3n) is 5.16. The van der Waals surface area contributed by atoms with Crippen LogP contribution in [0, 0.1) is 11.8 Å². The van der Waals surface area contributed by atoms with Crippen molar-refractivity contribution in [1.82, 2.24) is 15.5 Å². The Labute approximate surface area is 141 Å². The summed E-state index contributed by atoms with van der Waals surface area (Å²) in [5, 5.41) is 15.5. The van der Waals surface area contributed by atoms with E-state index in [1.54, 1.807) is 0 Å². The van der Waals surface area contributed by atoms with Crippen LogP contribution in [0.15, 0.2) is 0 Å². The van der Waals surface area contributed by atoms with E-state index < -0.39 is 0 Å². The van der Waals surface area contributed by atoms with Crippen LogP contribution < -0.4 is 10.6 Å². The standard InChI is InChI=1S/C18H35N3O2/c1-14-11-15(2)13-21(12-14)10-4-3-9-19-18(23)20-16-5-7-17(22)8-6-16/h14-17,22H,3-13H2,1-2H3,(H2,19,20,23). The van der Waals surface area contributed by atoms with Gasteiger partial charge in [0.1, 0.15) is 0 Å². The number of likely N-dealkylation sites (tertiary alicyclic amines) is 1. The van der Waals surface area contributed by atoms with E-state index in [0.29, 0.717) is 0 Å². The molecule has 23 heavy (non-hydrogen) atoms. The van der Waals surface area contributed by atoms with E-state index in [-0.39, 0.29) is 18.2 Å². The molecular weight excluding hydrogens is 290 g/mol. The highest BCUT2D eigenvalue weighted by molar-refractivity contribution is 5.74. The number of aliphatic hydroxyl groups is 1. The van der Waals surface area contributed by atoms with Crippen LogP contribution in [0.1, 0.15) is 58.8 Å². The molecule has 1 aliphatic heterocycles. The predicted molar refractivity (Wildman–Crippen MR) is 93.4 cm³/mol. The molecule has 5 nitrogen and oxygen atoms in total. The number of urea groups is 1. The van der Waals surface area contributed by atoms with Gasteiger partial charge in [-0.05, 0) is 63.3 Å². The second-order valence-electron chi connectivity index (χ2n) is 7.82. The van der Waals surface area contributed by atoms with Crippen molar-refractivity contribution in [3.05, 3.63) is 0 Å². The molecule has 0 aromatic heterocycles. The van der Waals surface area contributed by atoms with Gasteiger partial charge in [-0.25, -0.2) is 4.79 Å². The first-order valence-corrected chi connectivity index (χ1v) is 9.47. The van der Waals surface area contributed by atoms with Crippen LogP contribution in [0.5, 0.6) is 0 Å². The summed E-state index contributed by atoms with van der Waals surface area (Å²) in [5.74, 6) is 1.63. The van der Waals surface area contributed by atoms with Gasteiger partial charge >= 0.3 is 6.03 Å². The largest absolute Gasteiger partial charge is 0.393 e. The van der Waals surface area contributed by atoms with Gasteiger partial charge in [-0.2, -0.15) is 0 Å². The highest BCUT2D eigenvalue weighted by Crippen LogP contribution is 2.21. The Morgan fingerprint density at radius 1 is 1.09 bits per heavy atom. The normalized spacial score (nSPS) is 32.5. The number of nitrogens with one attached hydrogen (secondary N) is 2. The van der Waals surface area contributed by atoms with Crippen LogP contribution in [-0.4, -0.2) is 54.4 Å². The van der Waals surface area contributed by atoms with Gasteiger partial charge in [0.15, 0.2) is 0 Å². The summed E-state index contributed by atoms with van der Waals surface area (Å²) in [6.07, 6.45) is 6.76. The van der Waals surface area contributed by atoms with Gasteiger partial charge in [0.25, 0.3) is 0 Å². The minimum Gasteiger partial charge on any atom is -0.393 e. The lowest BCUT2D eigenvalue weighted by Crippen LogP contribution is -2.44. The van der Waals surface area contributed by atoms with Crippen molar-refractivity contribution >= 4 is 6.03 Å². The minimum atomic E-state index is -0.170. The Kier molecular flexibility index (Phi) is 7.63. The topological polar surface area (TPSA) is 64.6 Å². The number of unbranched alkanes of at least 4 members (excludes halogenated alkanes) is 1. The van der Waals surface area contributed by atoms with Crippen molar-refractivity contribution in [3.63, 3.8) is 0 Å². The summed E-state index contributed by atoms with van der Waals surface area (Å²) in [6.45, 7) is 9.05. The fourth-order valence-corrected chi connectivity index (χ4v) is 4.09. The van der Waals surface area contributed by atoms with E-state index in [1.807, 2.05) is 0 Å². The quantitative estimate of drug-likeness (QED) is 0.657. The van der Waals surface area contributed by atoms with Crippen molar-refractivity contribution in [3.8, 4) is 0 Å². The lowest BCUT2D eigenvalue weighted by Gasteiger charge is -2.34. The van der Waals surface area contributed by atoms with Crippen LogP contribution in [0.3, 0.4) is 0 Å². The zero-order valence-electron chi connectivity index (χ0n) is 14.9. The number of carbonyl (C=O) groups is 1. The van der Waals surface area contributed by atoms with Gasteiger partial charge in [-0.3, -0.25) is 0 Å². The molecule has 0 bridgehead atoms. The number of nitrogens with zero attached hydrogens (tertiary/aromatic N) is 1. The molecule has 0 radical (unpaired) electrons. The maximum atomic E-state index is 11.8. The lowest BCUT2D eigenvalue weighted by molar-refractivity contribution is 0.117. The molecule has 1 saturated carbocycles. The van der Waals surface area contributed by atoms with Gasteiger partial charge in [0.2, 0.25) is 0 Å². The molecule has 134 valence electrons. The maximum Gasteiger partial charge on any atom is 0.315 e. The van der Waals surface area contributed by atoms with E-state index >= 15 is 0 Å². The summed E-state index contributed by atoms with van der Waals surface area (Å²) in [7, 11) is 0. The molecule has 2 aliphatic rings. The molecule has 2 rings (SSSR count). The van der Waals surface area contributed by atoms with Gasteiger partial charge in [-0.1, -0.05) is 13.8 Å². The highest BCUT2D eigenvalue weighted by atomic mass is 16.3. The van der Waals surface area contributed by atoms with Crippen molar-refractivity contribution in [2.45, 2.75) is 70.9 Å². The van der Waals surface area contributed by atoms with E-state index in [9.17, 15) is 9.90 Å². The van der Waals surface area contributed by atoms with Crippen LogP contribution in [0.4, 0.5) is 4.79 Å². The monoisotopic (exact) mass is 325 g/mol. The number of amides is 2. The first-order valence-electron chi connectivity index (χ1n) is 9.47. The van der Waals surface area contributed by atoms with E-state index in [2.05, 4.69) is 29.4 Å². The van der Waals surface area contributed by atoms with Crippen molar-refractivity contribution in [1.29, 1.82) is 0 Å². The number of hydrogen-bond donors (Lipinski definition) is 3. The Hall–Kier alpha value is -0.810. The number of piperidine rings is 1. The van der Waals surface area contributed by atoms with E-state index in [0.717, 1.165) is 63.5 Å². The van der Waals surface area contributed by atoms with Crippen LogP contribution >= 0.6 is 0 Å². The minimum absolute atomic E-state index is 0.0494. The molecule has 1 saturated heterocycles. The third kappa shape index (κ3) is 7.08. The second-order valence-corrected chi connectivity index (χ2v) is 7.82. The highest BCUT2D eigenvalue weighted by Gasteiger charge is 2.21. The van der Waals surface area contributed by atoms with Gasteiger partial charge in [0.05, 0.1) is 6.10 Å². The Bertz CT molecular complexity index is 346. The predicted octanol–water partition coefficient (Wildman–Crippen LogP) is 2.35. The van der Waals surface area contributed by atoms with E-state index in [1.165, 1.54) is 19.5 Å². The molecule has 2 amide bonds. The van der Waals surface area contributed by atoms with Crippen molar-refractivity contribution < 1.29 is 9.90 Å². The number of aliphatic hydroxyl groups excluding tert-OH is 1. The van der Waals surface area contributed by atoms with E-state index in [4.69, 9.17) is 0 Å². The fourth-order valence-electron chi connectivity index (χ4n) is 4.09. The molecule has 5 heteroatoms. The fraction of sp³-hybridized carbons (Fsp3) is 0.944.